The summed E-state index contributed by atoms with van der Waals surface area (Å²) in [6.45, 7) is 5.89. The molecule has 0 amide bonds. The van der Waals surface area contributed by atoms with Crippen molar-refractivity contribution >= 4 is 5.84 Å². The molecule has 0 aliphatic heterocycles. The van der Waals surface area contributed by atoms with E-state index in [1.807, 2.05) is 0 Å². The molecule has 0 atom stereocenters. The summed E-state index contributed by atoms with van der Waals surface area (Å²) >= 11 is 0. The lowest BCUT2D eigenvalue weighted by Gasteiger charge is -2.24. The van der Waals surface area contributed by atoms with Crippen LogP contribution in [-0.4, -0.2) is 15.3 Å². The van der Waals surface area contributed by atoms with E-state index >= 15 is 0 Å². The van der Waals surface area contributed by atoms with Gasteiger partial charge in [0.2, 0.25) is 5.84 Å². The molecule has 0 fully saturated rings. The van der Waals surface area contributed by atoms with Gasteiger partial charge < -0.3 is 0 Å². The zero-order valence-electron chi connectivity index (χ0n) is 21.6. The van der Waals surface area contributed by atoms with Crippen molar-refractivity contribution < 1.29 is 4.58 Å². The van der Waals surface area contributed by atoms with E-state index in [0.717, 1.165) is 32.6 Å². The first kappa shape index (κ1) is 25.4. The number of rotatable bonds is 12. The maximum atomic E-state index is 2.62. The Kier molecular flexibility index (Phi) is 9.92. The maximum absolute atomic E-state index is 2.62. The highest BCUT2D eigenvalue weighted by atomic mass is 15.2. The van der Waals surface area contributed by atoms with Crippen LogP contribution >= 0.6 is 0 Å². The Labute approximate surface area is 217 Å². The minimum atomic E-state index is 0.900. The lowest BCUT2D eigenvalue weighted by atomic mass is 10.1. The van der Waals surface area contributed by atoms with Gasteiger partial charge in [-0.25, -0.2) is 0 Å². The topological polar surface area (TPSA) is 6.25 Å². The predicted molar refractivity (Wildman–Crippen MR) is 152 cm³/mol. The first-order valence-corrected chi connectivity index (χ1v) is 13.3. The molecule has 36 heavy (non-hydrogen) atoms. The third-order valence-electron chi connectivity index (χ3n) is 6.60. The van der Waals surface area contributed by atoms with E-state index < -0.39 is 0 Å². The molecule has 4 rings (SSSR count). The van der Waals surface area contributed by atoms with Gasteiger partial charge in [0.1, 0.15) is 26.2 Å². The molecule has 4 aromatic carbocycles. The Hall–Kier alpha value is -3.65. The molecular weight excluding hydrogens is 436 g/mol. The number of unbranched alkanes of at least 4 members (excludes halogenated alkanes) is 2. The Morgan fingerprint density at radius 3 is 1.31 bits per heavy atom. The van der Waals surface area contributed by atoms with Gasteiger partial charge in [-0.1, -0.05) is 141 Å². The van der Waals surface area contributed by atoms with Crippen LogP contribution in [0.15, 0.2) is 121 Å². The molecule has 2 nitrogen and oxygen atoms in total. The van der Waals surface area contributed by atoms with Gasteiger partial charge in [0.15, 0.2) is 0 Å². The Morgan fingerprint density at radius 1 is 0.528 bits per heavy atom. The van der Waals surface area contributed by atoms with Gasteiger partial charge in [-0.05, 0) is 28.7 Å². The fourth-order valence-corrected chi connectivity index (χ4v) is 4.74. The standard InChI is InChI=1S/C34H39N2/c1-2-3-8-25-34(35(26-30-17-9-4-10-18-30)27-31-19-11-5-12-20-31)36(28-32-21-13-6-14-22-32)29-33-23-15-7-16-24-33/h4-7,9-24H,2-3,8,25-29H2,1H3/q+1. The van der Waals surface area contributed by atoms with Crippen molar-refractivity contribution in [2.45, 2.75) is 58.8 Å². The van der Waals surface area contributed by atoms with Crippen molar-refractivity contribution in [3.63, 3.8) is 0 Å². The molecule has 0 bridgehead atoms. The van der Waals surface area contributed by atoms with E-state index in [2.05, 4.69) is 138 Å². The second-order valence-electron chi connectivity index (χ2n) is 9.53. The third kappa shape index (κ3) is 7.95. The highest BCUT2D eigenvalue weighted by Crippen LogP contribution is 2.17. The summed E-state index contributed by atoms with van der Waals surface area (Å²) < 4.78 is 2.62. The molecule has 0 saturated carbocycles. The van der Waals surface area contributed by atoms with E-state index in [0.29, 0.717) is 0 Å². The van der Waals surface area contributed by atoms with Crippen molar-refractivity contribution in [3.8, 4) is 0 Å². The lowest BCUT2D eigenvalue weighted by molar-refractivity contribution is -0.566. The third-order valence-corrected chi connectivity index (χ3v) is 6.60. The largest absolute Gasteiger partial charge is 0.257 e. The Morgan fingerprint density at radius 2 is 0.917 bits per heavy atom. The highest BCUT2D eigenvalue weighted by molar-refractivity contribution is 5.77. The molecule has 0 heterocycles. The van der Waals surface area contributed by atoms with Crippen LogP contribution in [-0.2, 0) is 26.2 Å². The Bertz CT molecular complexity index is 1080. The van der Waals surface area contributed by atoms with Crippen molar-refractivity contribution in [1.29, 1.82) is 0 Å². The predicted octanol–water partition coefficient (Wildman–Crippen LogP) is 8.08. The molecule has 0 aliphatic rings. The smallest absolute Gasteiger partial charge is 0.247 e. The summed E-state index contributed by atoms with van der Waals surface area (Å²) in [6.07, 6.45) is 4.75. The average Bonchev–Trinajstić information content (AvgIpc) is 2.93. The molecular formula is C34H39N2+. The monoisotopic (exact) mass is 475 g/mol. The second kappa shape index (κ2) is 14.0. The van der Waals surface area contributed by atoms with Crippen molar-refractivity contribution in [2.75, 3.05) is 0 Å². The summed E-state index contributed by atoms with van der Waals surface area (Å²) in [5.41, 5.74) is 5.39. The van der Waals surface area contributed by atoms with Crippen LogP contribution in [0.25, 0.3) is 0 Å². The molecule has 0 aromatic heterocycles. The zero-order chi connectivity index (χ0) is 24.8. The molecule has 0 spiro atoms. The zero-order valence-corrected chi connectivity index (χ0v) is 21.6. The van der Waals surface area contributed by atoms with E-state index in [1.165, 1.54) is 47.4 Å². The first-order valence-electron chi connectivity index (χ1n) is 13.3. The van der Waals surface area contributed by atoms with Crippen LogP contribution in [0, 0.1) is 0 Å². The van der Waals surface area contributed by atoms with Crippen LogP contribution in [0.1, 0.15) is 54.9 Å². The van der Waals surface area contributed by atoms with Gasteiger partial charge in [-0.3, -0.25) is 9.48 Å². The minimum Gasteiger partial charge on any atom is -0.257 e. The number of hydrogen-bond donors (Lipinski definition) is 0. The van der Waals surface area contributed by atoms with Crippen molar-refractivity contribution in [3.05, 3.63) is 144 Å². The fraction of sp³-hybridized carbons (Fsp3) is 0.265. The normalized spacial score (nSPS) is 10.7. The maximum Gasteiger partial charge on any atom is 0.247 e. The quantitative estimate of drug-likeness (QED) is 0.0868. The molecule has 4 aromatic rings. The summed E-state index contributed by atoms with van der Waals surface area (Å²) in [5.74, 6) is 1.43. The van der Waals surface area contributed by atoms with Gasteiger partial charge in [-0.2, -0.15) is 0 Å². The van der Waals surface area contributed by atoms with Crippen LogP contribution in [0.4, 0.5) is 0 Å². The number of nitrogens with zero attached hydrogens (tertiary/aromatic N) is 2. The second-order valence-corrected chi connectivity index (χ2v) is 9.53. The lowest BCUT2D eigenvalue weighted by Crippen LogP contribution is -2.37. The van der Waals surface area contributed by atoms with Gasteiger partial charge in [-0.15, -0.1) is 0 Å². The molecule has 0 unspecified atom stereocenters. The first-order chi connectivity index (χ1) is 17.8. The van der Waals surface area contributed by atoms with Crippen molar-refractivity contribution in [1.82, 2.24) is 4.90 Å². The number of hydrogen-bond acceptors (Lipinski definition) is 0. The Balaban J connectivity index is 1.78. The summed E-state index contributed by atoms with van der Waals surface area (Å²) in [4.78, 5) is 2.62. The van der Waals surface area contributed by atoms with Crippen LogP contribution < -0.4 is 0 Å². The highest BCUT2D eigenvalue weighted by Gasteiger charge is 2.24. The summed E-state index contributed by atoms with van der Waals surface area (Å²) in [7, 11) is 0. The molecule has 2 heteroatoms. The molecule has 0 saturated heterocycles. The molecule has 0 aliphatic carbocycles. The number of amidine groups is 1. The van der Waals surface area contributed by atoms with E-state index in [9.17, 15) is 0 Å². The fourth-order valence-electron chi connectivity index (χ4n) is 4.74. The van der Waals surface area contributed by atoms with Gasteiger partial charge in [0.05, 0.1) is 0 Å². The average molecular weight is 476 g/mol. The van der Waals surface area contributed by atoms with Crippen molar-refractivity contribution in [2.24, 2.45) is 0 Å². The molecule has 0 N–H and O–H groups in total. The van der Waals surface area contributed by atoms with E-state index in [-0.39, 0.29) is 0 Å². The van der Waals surface area contributed by atoms with Gasteiger partial charge >= 0.3 is 0 Å². The van der Waals surface area contributed by atoms with Crippen LogP contribution in [0.2, 0.25) is 0 Å². The van der Waals surface area contributed by atoms with Crippen LogP contribution in [0.3, 0.4) is 0 Å². The molecule has 184 valence electrons. The SMILES string of the molecule is CCCCCC(N(Cc1ccccc1)Cc1ccccc1)=[N+](Cc1ccccc1)Cc1ccccc1. The van der Waals surface area contributed by atoms with E-state index in [4.69, 9.17) is 0 Å². The summed E-state index contributed by atoms with van der Waals surface area (Å²) in [5, 5.41) is 0. The summed E-state index contributed by atoms with van der Waals surface area (Å²) in [6, 6.07) is 43.6. The minimum absolute atomic E-state index is 0.900. The molecule has 0 radical (unpaired) electrons. The van der Waals surface area contributed by atoms with Gasteiger partial charge in [0, 0.05) is 6.42 Å². The van der Waals surface area contributed by atoms with E-state index in [1.54, 1.807) is 0 Å². The van der Waals surface area contributed by atoms with Crippen LogP contribution in [0.5, 0.6) is 0 Å². The van der Waals surface area contributed by atoms with Gasteiger partial charge in [0.25, 0.3) is 0 Å². The number of benzene rings is 4.